The van der Waals surface area contributed by atoms with Crippen LogP contribution >= 0.6 is 11.8 Å². The summed E-state index contributed by atoms with van der Waals surface area (Å²) in [6.07, 6.45) is 4.26. The summed E-state index contributed by atoms with van der Waals surface area (Å²) in [7, 11) is 0. The minimum Gasteiger partial charge on any atom is -0.441 e. The Labute approximate surface area is 166 Å². The normalized spacial score (nSPS) is 11.1. The van der Waals surface area contributed by atoms with Crippen LogP contribution in [0.1, 0.15) is 44.3 Å². The summed E-state index contributed by atoms with van der Waals surface area (Å²) in [6.45, 7) is 6.38. The number of nitrogens with zero attached hydrogens (tertiary/aromatic N) is 1. The molecular weight excluding hydrogens is 357 g/mol. The molecule has 1 aromatic heterocycles. The molecule has 0 atom stereocenters. The maximum Gasteiger partial charge on any atom is 0.226 e. The van der Waals surface area contributed by atoms with Crippen LogP contribution in [0.25, 0.3) is 11.5 Å². The SMILES string of the molecule is CCCc1ccc(SCCc2nc(-c3ccc(F)cc3)oc2C)cc1CC.[HH]. The zero-order valence-corrected chi connectivity index (χ0v) is 17.0. The zero-order chi connectivity index (χ0) is 19.2. The molecule has 0 fully saturated rings. The first kappa shape index (κ1) is 19.7. The number of aryl methyl sites for hydroxylation is 4. The third-order valence-corrected chi connectivity index (χ3v) is 5.66. The summed E-state index contributed by atoms with van der Waals surface area (Å²) in [4.78, 5) is 5.92. The van der Waals surface area contributed by atoms with E-state index in [-0.39, 0.29) is 7.24 Å². The lowest BCUT2D eigenvalue weighted by atomic mass is 10.0. The number of hydrogen-bond acceptors (Lipinski definition) is 3. The van der Waals surface area contributed by atoms with Gasteiger partial charge in [0.15, 0.2) is 0 Å². The van der Waals surface area contributed by atoms with E-state index in [1.807, 2.05) is 18.7 Å². The summed E-state index contributed by atoms with van der Waals surface area (Å²) >= 11 is 1.86. The van der Waals surface area contributed by atoms with E-state index in [1.165, 1.54) is 34.6 Å². The number of oxazole rings is 1. The number of aromatic nitrogens is 1. The van der Waals surface area contributed by atoms with Crippen LogP contribution in [0.3, 0.4) is 0 Å². The predicted octanol–water partition coefficient (Wildman–Crippen LogP) is 6.88. The third-order valence-electron chi connectivity index (χ3n) is 4.67. The molecule has 1 heterocycles. The van der Waals surface area contributed by atoms with E-state index < -0.39 is 0 Å². The first-order chi connectivity index (χ1) is 13.1. The minimum atomic E-state index is -0.255. The molecule has 0 amide bonds. The van der Waals surface area contributed by atoms with E-state index >= 15 is 0 Å². The maximum absolute atomic E-state index is 13.1. The van der Waals surface area contributed by atoms with E-state index in [9.17, 15) is 4.39 Å². The van der Waals surface area contributed by atoms with Gasteiger partial charge in [-0.25, -0.2) is 9.37 Å². The van der Waals surface area contributed by atoms with E-state index in [1.54, 1.807) is 12.1 Å². The van der Waals surface area contributed by atoms with Crippen molar-refractivity contribution in [1.29, 1.82) is 0 Å². The van der Waals surface area contributed by atoms with Crippen LogP contribution in [0.5, 0.6) is 0 Å². The molecule has 0 aliphatic rings. The van der Waals surface area contributed by atoms with Gasteiger partial charge in [0.1, 0.15) is 11.6 Å². The molecule has 3 rings (SSSR count). The van der Waals surface area contributed by atoms with Gasteiger partial charge in [-0.1, -0.05) is 26.3 Å². The lowest BCUT2D eigenvalue weighted by molar-refractivity contribution is 0.539. The second-order valence-electron chi connectivity index (χ2n) is 6.66. The van der Waals surface area contributed by atoms with Gasteiger partial charge >= 0.3 is 0 Å². The van der Waals surface area contributed by atoms with E-state index in [0.29, 0.717) is 5.89 Å². The molecular formula is C23H28FNOS. The standard InChI is InChI=1S/C23H26FNOS.H2/c1-4-6-18-9-12-21(15-17(18)5-2)27-14-13-22-16(3)26-23(25-22)19-7-10-20(24)11-8-19;/h7-12,15H,4-6,13-14H2,1-3H3;1H. The van der Waals surface area contributed by atoms with Gasteiger partial charge in [0, 0.05) is 24.1 Å². The van der Waals surface area contributed by atoms with Crippen molar-refractivity contribution in [2.75, 3.05) is 5.75 Å². The first-order valence-electron chi connectivity index (χ1n) is 9.57. The highest BCUT2D eigenvalue weighted by atomic mass is 32.2. The highest BCUT2D eigenvalue weighted by Gasteiger charge is 2.12. The van der Waals surface area contributed by atoms with Crippen LogP contribution in [-0.4, -0.2) is 10.7 Å². The average Bonchev–Trinajstić information content (AvgIpc) is 3.04. The predicted molar refractivity (Wildman–Crippen MR) is 113 cm³/mol. The number of halogens is 1. The van der Waals surface area contributed by atoms with Gasteiger partial charge in [-0.05, 0) is 67.3 Å². The fraction of sp³-hybridized carbons (Fsp3) is 0.348. The van der Waals surface area contributed by atoms with Crippen molar-refractivity contribution in [2.45, 2.75) is 51.3 Å². The molecule has 2 nitrogen and oxygen atoms in total. The molecule has 0 unspecified atom stereocenters. The van der Waals surface area contributed by atoms with Crippen molar-refractivity contribution >= 4 is 11.8 Å². The van der Waals surface area contributed by atoms with Gasteiger partial charge in [0.25, 0.3) is 0 Å². The monoisotopic (exact) mass is 385 g/mol. The Bertz CT molecular complexity index is 892. The number of hydrogen-bond donors (Lipinski definition) is 0. The molecule has 0 bridgehead atoms. The lowest BCUT2D eigenvalue weighted by Crippen LogP contribution is -1.94. The third kappa shape index (κ3) is 5.01. The Morgan fingerprint density at radius 3 is 2.52 bits per heavy atom. The molecule has 4 heteroatoms. The number of rotatable bonds is 8. The average molecular weight is 386 g/mol. The Morgan fingerprint density at radius 1 is 1.04 bits per heavy atom. The lowest BCUT2D eigenvalue weighted by Gasteiger charge is -2.09. The topological polar surface area (TPSA) is 26.0 Å². The molecule has 3 aromatic rings. The maximum atomic E-state index is 13.1. The molecule has 0 radical (unpaired) electrons. The summed E-state index contributed by atoms with van der Waals surface area (Å²) in [5.41, 5.74) is 4.70. The largest absolute Gasteiger partial charge is 0.441 e. The van der Waals surface area contributed by atoms with Crippen LogP contribution in [-0.2, 0) is 19.3 Å². The van der Waals surface area contributed by atoms with Crippen LogP contribution in [0.2, 0.25) is 0 Å². The van der Waals surface area contributed by atoms with E-state index in [4.69, 9.17) is 4.42 Å². The van der Waals surface area contributed by atoms with Crippen LogP contribution in [0, 0.1) is 12.7 Å². The fourth-order valence-corrected chi connectivity index (χ4v) is 4.10. The quantitative estimate of drug-likeness (QED) is 0.395. The van der Waals surface area contributed by atoms with Gasteiger partial charge in [-0.2, -0.15) is 0 Å². The number of thioether (sulfide) groups is 1. The highest BCUT2D eigenvalue weighted by molar-refractivity contribution is 7.99. The Hall–Kier alpha value is -2.07. The molecule has 144 valence electrons. The van der Waals surface area contributed by atoms with Crippen molar-refractivity contribution < 1.29 is 10.2 Å². The second kappa shape index (κ2) is 9.23. The molecule has 0 aliphatic carbocycles. The Kier molecular flexibility index (Phi) is 6.73. The van der Waals surface area contributed by atoms with Gasteiger partial charge in [0.2, 0.25) is 5.89 Å². The van der Waals surface area contributed by atoms with Gasteiger partial charge in [0.05, 0.1) is 5.69 Å². The van der Waals surface area contributed by atoms with Gasteiger partial charge in [-0.15, -0.1) is 11.8 Å². The molecule has 0 spiro atoms. The minimum absolute atomic E-state index is 0. The summed E-state index contributed by atoms with van der Waals surface area (Å²) in [5.74, 6) is 2.09. The molecule has 27 heavy (non-hydrogen) atoms. The van der Waals surface area contributed by atoms with Gasteiger partial charge in [-0.3, -0.25) is 0 Å². The summed E-state index contributed by atoms with van der Waals surface area (Å²) < 4.78 is 18.9. The Balaban J connectivity index is 0.00000280. The van der Waals surface area contributed by atoms with Crippen LogP contribution in [0.4, 0.5) is 4.39 Å². The molecule has 0 aliphatic heterocycles. The van der Waals surface area contributed by atoms with Crippen molar-refractivity contribution in [3.63, 3.8) is 0 Å². The molecule has 0 saturated carbocycles. The smallest absolute Gasteiger partial charge is 0.226 e. The van der Waals surface area contributed by atoms with Crippen LogP contribution < -0.4 is 0 Å². The van der Waals surface area contributed by atoms with Crippen molar-refractivity contribution in [3.8, 4) is 11.5 Å². The van der Waals surface area contributed by atoms with Crippen molar-refractivity contribution in [3.05, 3.63) is 70.9 Å². The van der Waals surface area contributed by atoms with E-state index in [2.05, 4.69) is 37.0 Å². The summed E-state index contributed by atoms with van der Waals surface area (Å²) in [6, 6.07) is 13.1. The fourth-order valence-electron chi connectivity index (χ4n) is 3.18. The Morgan fingerprint density at radius 2 is 1.81 bits per heavy atom. The van der Waals surface area contributed by atoms with Gasteiger partial charge < -0.3 is 4.42 Å². The first-order valence-corrected chi connectivity index (χ1v) is 10.6. The summed E-state index contributed by atoms with van der Waals surface area (Å²) in [5, 5.41) is 0. The second-order valence-corrected chi connectivity index (χ2v) is 7.83. The van der Waals surface area contributed by atoms with E-state index in [0.717, 1.165) is 42.0 Å². The van der Waals surface area contributed by atoms with Crippen molar-refractivity contribution in [1.82, 2.24) is 4.98 Å². The number of benzene rings is 2. The molecule has 0 saturated heterocycles. The molecule has 0 N–H and O–H groups in total. The highest BCUT2D eigenvalue weighted by Crippen LogP contribution is 2.26. The van der Waals surface area contributed by atoms with Crippen molar-refractivity contribution in [2.24, 2.45) is 0 Å². The molecule has 2 aromatic carbocycles. The zero-order valence-electron chi connectivity index (χ0n) is 16.2. The van der Waals surface area contributed by atoms with Crippen LogP contribution in [0.15, 0.2) is 51.8 Å².